The molecule has 0 aliphatic heterocycles. The van der Waals surface area contributed by atoms with Gasteiger partial charge in [-0.1, -0.05) is 36.7 Å². The lowest BCUT2D eigenvalue weighted by Gasteiger charge is -2.34. The molecule has 1 N–H and O–H groups in total. The summed E-state index contributed by atoms with van der Waals surface area (Å²) in [7, 11) is -3.33. The Labute approximate surface area is 101 Å². The molecule has 0 aromatic rings. The van der Waals surface area contributed by atoms with Crippen LogP contribution in [0.2, 0.25) is 0 Å². The summed E-state index contributed by atoms with van der Waals surface area (Å²) < 4.78 is 21.3. The third kappa shape index (κ3) is 3.32. The second-order valence-corrected chi connectivity index (χ2v) is 12.0. The number of alkyl halides is 2. The van der Waals surface area contributed by atoms with E-state index in [0.717, 1.165) is 6.26 Å². The third-order valence-corrected chi connectivity index (χ3v) is 8.03. The molecule has 0 aromatic carbocycles. The highest BCUT2D eigenvalue weighted by Crippen LogP contribution is 2.43. The smallest absolute Gasteiger partial charge is 0.203 e. The highest BCUT2D eigenvalue weighted by atomic mass is 127. The Balaban J connectivity index is 5.09. The van der Waals surface area contributed by atoms with E-state index in [1.807, 2.05) is 0 Å². The van der Waals surface area contributed by atoms with Gasteiger partial charge in [0.1, 0.15) is 0 Å². The van der Waals surface area contributed by atoms with Crippen molar-refractivity contribution in [3.8, 4) is 0 Å². The first-order valence-corrected chi connectivity index (χ1v) is 7.42. The van der Waals surface area contributed by atoms with E-state index < -0.39 is 23.0 Å². The molecule has 2 unspecified atom stereocenters. The molecule has 0 aliphatic rings. The number of aliphatic hydroxyl groups is 1. The maximum atomic E-state index is 11.3. The number of sulfone groups is 1. The van der Waals surface area contributed by atoms with E-state index in [0.29, 0.717) is 0 Å². The van der Waals surface area contributed by atoms with Gasteiger partial charge in [0.05, 0.1) is 6.10 Å². The van der Waals surface area contributed by atoms with Crippen LogP contribution < -0.4 is 0 Å². The van der Waals surface area contributed by atoms with Crippen molar-refractivity contribution < 1.29 is 13.5 Å². The molecule has 0 saturated heterocycles. The molecule has 3 nitrogen and oxygen atoms in total. The van der Waals surface area contributed by atoms with Gasteiger partial charge in [0.2, 0.25) is 1.66 Å². The van der Waals surface area contributed by atoms with Crippen molar-refractivity contribution in [1.82, 2.24) is 0 Å². The second kappa shape index (κ2) is 3.94. The van der Waals surface area contributed by atoms with Crippen LogP contribution in [0.5, 0.6) is 0 Å². The quantitative estimate of drug-likeness (QED) is 0.584. The molecule has 0 aromatic heterocycles. The van der Waals surface area contributed by atoms with Crippen LogP contribution in [-0.2, 0) is 9.84 Å². The fourth-order valence-corrected chi connectivity index (χ4v) is 3.09. The molecule has 0 heterocycles. The molecular formula is C7H14BrIO3S. The van der Waals surface area contributed by atoms with E-state index in [4.69, 9.17) is 0 Å². The number of rotatable bonds is 2. The van der Waals surface area contributed by atoms with Gasteiger partial charge in [0.15, 0.2) is 9.84 Å². The van der Waals surface area contributed by atoms with Crippen LogP contribution in [0.25, 0.3) is 0 Å². The summed E-state index contributed by atoms with van der Waals surface area (Å²) in [6.45, 7) is 5.37. The van der Waals surface area contributed by atoms with Crippen molar-refractivity contribution in [1.29, 1.82) is 0 Å². The zero-order valence-electron chi connectivity index (χ0n) is 8.01. The molecule has 0 aliphatic carbocycles. The Morgan fingerprint density at radius 1 is 1.38 bits per heavy atom. The summed E-state index contributed by atoms with van der Waals surface area (Å²) >= 11 is 4.76. The van der Waals surface area contributed by atoms with Gasteiger partial charge in [-0.05, 0) is 28.0 Å². The molecule has 6 heteroatoms. The SMILES string of the molecule is CC(C)(C)C(O)C(Br)(I)S(C)(=O)=O. The lowest BCUT2D eigenvalue weighted by molar-refractivity contribution is 0.0741. The number of hydrogen-bond donors (Lipinski definition) is 1. The summed E-state index contributed by atoms with van der Waals surface area (Å²) in [6, 6.07) is 0. The highest BCUT2D eigenvalue weighted by molar-refractivity contribution is 14.1. The van der Waals surface area contributed by atoms with E-state index in [-0.39, 0.29) is 0 Å². The fourth-order valence-electron chi connectivity index (χ4n) is 0.707. The zero-order valence-corrected chi connectivity index (χ0v) is 12.6. The minimum atomic E-state index is -3.33. The van der Waals surface area contributed by atoms with Crippen LogP contribution in [0.4, 0.5) is 0 Å². The topological polar surface area (TPSA) is 54.4 Å². The van der Waals surface area contributed by atoms with E-state index in [1.54, 1.807) is 43.4 Å². The Kier molecular flexibility index (Phi) is 4.28. The van der Waals surface area contributed by atoms with Crippen LogP contribution in [0, 0.1) is 5.41 Å². The third-order valence-electron chi connectivity index (χ3n) is 1.63. The number of aliphatic hydroxyl groups excluding tert-OH is 1. The predicted octanol–water partition coefficient (Wildman–Crippen LogP) is 1.92. The monoisotopic (exact) mass is 384 g/mol. The summed E-state index contributed by atoms with van der Waals surface area (Å²) in [5.41, 5.74) is -0.478. The van der Waals surface area contributed by atoms with Crippen LogP contribution in [0.15, 0.2) is 0 Å². The molecule has 0 rings (SSSR count). The average molecular weight is 385 g/mol. The molecule has 0 radical (unpaired) electrons. The highest BCUT2D eigenvalue weighted by Gasteiger charge is 2.47. The Hall–Kier alpha value is 1.12. The molecule has 0 fully saturated rings. The largest absolute Gasteiger partial charge is 0.389 e. The second-order valence-electron chi connectivity index (χ2n) is 4.10. The van der Waals surface area contributed by atoms with Gasteiger partial charge in [-0.15, -0.1) is 0 Å². The fraction of sp³-hybridized carbons (Fsp3) is 1.00. The first-order chi connectivity index (χ1) is 5.40. The number of hydrogen-bond acceptors (Lipinski definition) is 3. The van der Waals surface area contributed by atoms with Crippen molar-refractivity contribution in [3.63, 3.8) is 0 Å². The Bertz CT molecular complexity index is 279. The van der Waals surface area contributed by atoms with Crippen molar-refractivity contribution in [3.05, 3.63) is 0 Å². The van der Waals surface area contributed by atoms with Crippen molar-refractivity contribution in [2.24, 2.45) is 5.41 Å². The molecule has 13 heavy (non-hydrogen) atoms. The minimum absolute atomic E-state index is 0.478. The van der Waals surface area contributed by atoms with E-state index in [2.05, 4.69) is 15.9 Å². The zero-order chi connectivity index (χ0) is 11.1. The molecule has 0 bridgehead atoms. The van der Waals surface area contributed by atoms with Gasteiger partial charge in [0.25, 0.3) is 0 Å². The van der Waals surface area contributed by atoms with Gasteiger partial charge in [-0.25, -0.2) is 8.42 Å². The van der Waals surface area contributed by atoms with Crippen LogP contribution in [0.1, 0.15) is 20.8 Å². The maximum absolute atomic E-state index is 11.3. The van der Waals surface area contributed by atoms with Crippen molar-refractivity contribution in [2.45, 2.75) is 28.5 Å². The van der Waals surface area contributed by atoms with Crippen molar-refractivity contribution >= 4 is 48.4 Å². The minimum Gasteiger partial charge on any atom is -0.389 e. The maximum Gasteiger partial charge on any atom is 0.203 e. The summed E-state index contributed by atoms with van der Waals surface area (Å²) in [5, 5.41) is 9.82. The molecule has 0 saturated carbocycles. The van der Waals surface area contributed by atoms with Crippen LogP contribution in [-0.4, -0.2) is 27.5 Å². The van der Waals surface area contributed by atoms with Gasteiger partial charge in [0, 0.05) is 6.26 Å². The lowest BCUT2D eigenvalue weighted by Crippen LogP contribution is -2.45. The molecular weight excluding hydrogens is 371 g/mol. The normalized spacial score (nSPS) is 20.8. The van der Waals surface area contributed by atoms with Gasteiger partial charge < -0.3 is 5.11 Å². The van der Waals surface area contributed by atoms with Gasteiger partial charge in [-0.3, -0.25) is 0 Å². The van der Waals surface area contributed by atoms with Crippen LogP contribution >= 0.6 is 38.5 Å². The standard InChI is InChI=1S/C7H14BrIO3S/c1-6(2,3)5(10)7(8,9)13(4,11)12/h5,10H,1-4H3. The Morgan fingerprint density at radius 2 is 1.69 bits per heavy atom. The molecule has 80 valence electrons. The Morgan fingerprint density at radius 3 is 1.77 bits per heavy atom. The summed E-state index contributed by atoms with van der Waals surface area (Å²) in [4.78, 5) is 0. The van der Waals surface area contributed by atoms with E-state index in [1.165, 1.54) is 0 Å². The van der Waals surface area contributed by atoms with E-state index >= 15 is 0 Å². The number of halogens is 2. The summed E-state index contributed by atoms with van der Waals surface area (Å²) in [5.74, 6) is 0. The molecule has 0 spiro atoms. The molecule has 2 atom stereocenters. The average Bonchev–Trinajstić information content (AvgIpc) is 1.81. The summed E-state index contributed by atoms with van der Waals surface area (Å²) in [6.07, 6.45) is 0.138. The van der Waals surface area contributed by atoms with Crippen LogP contribution in [0.3, 0.4) is 0 Å². The van der Waals surface area contributed by atoms with Crippen molar-refractivity contribution in [2.75, 3.05) is 6.26 Å². The first-order valence-electron chi connectivity index (χ1n) is 3.66. The lowest BCUT2D eigenvalue weighted by atomic mass is 9.90. The van der Waals surface area contributed by atoms with Gasteiger partial charge in [-0.2, -0.15) is 0 Å². The first kappa shape index (κ1) is 14.1. The predicted molar refractivity (Wildman–Crippen MR) is 66.0 cm³/mol. The van der Waals surface area contributed by atoms with E-state index in [9.17, 15) is 13.5 Å². The molecule has 0 amide bonds. The van der Waals surface area contributed by atoms with Gasteiger partial charge >= 0.3 is 0 Å².